The lowest BCUT2D eigenvalue weighted by Gasteiger charge is -2.19. The Kier molecular flexibility index (Phi) is 5.98. The molecular formula is C22H29N5O2. The van der Waals surface area contributed by atoms with Crippen LogP contribution in [0.2, 0.25) is 0 Å². The molecule has 0 aliphatic carbocycles. The van der Waals surface area contributed by atoms with E-state index in [1.165, 1.54) is 0 Å². The summed E-state index contributed by atoms with van der Waals surface area (Å²) in [5, 5.41) is 2.58. The summed E-state index contributed by atoms with van der Waals surface area (Å²) >= 11 is 0. The number of benzene rings is 1. The molecule has 1 N–H and O–H groups in total. The SMILES string of the molecule is CNC(=O)/C(=N/C(=O)c1nc(-c2ccccc2)n2c1CN(C)CCC2)C(C)(C)C. The van der Waals surface area contributed by atoms with E-state index in [2.05, 4.69) is 19.8 Å². The second-order valence-corrected chi connectivity index (χ2v) is 8.43. The van der Waals surface area contributed by atoms with E-state index in [0.29, 0.717) is 12.2 Å². The van der Waals surface area contributed by atoms with E-state index >= 15 is 0 Å². The van der Waals surface area contributed by atoms with Crippen LogP contribution in [-0.4, -0.2) is 52.6 Å². The summed E-state index contributed by atoms with van der Waals surface area (Å²) in [6.45, 7) is 7.94. The predicted octanol–water partition coefficient (Wildman–Crippen LogP) is 2.76. The fourth-order valence-electron chi connectivity index (χ4n) is 3.53. The largest absolute Gasteiger partial charge is 0.354 e. The first-order chi connectivity index (χ1) is 13.7. The molecule has 1 aliphatic rings. The van der Waals surface area contributed by atoms with Crippen LogP contribution in [0.4, 0.5) is 0 Å². The van der Waals surface area contributed by atoms with E-state index in [1.807, 2.05) is 58.2 Å². The van der Waals surface area contributed by atoms with Crippen molar-refractivity contribution in [3.63, 3.8) is 0 Å². The molecule has 0 bridgehead atoms. The zero-order chi connectivity index (χ0) is 21.2. The summed E-state index contributed by atoms with van der Waals surface area (Å²) in [6.07, 6.45) is 0.974. The van der Waals surface area contributed by atoms with Crippen molar-refractivity contribution in [2.75, 3.05) is 20.6 Å². The first kappa shape index (κ1) is 20.9. The van der Waals surface area contributed by atoms with Crippen LogP contribution in [0, 0.1) is 5.41 Å². The molecule has 2 aromatic rings. The van der Waals surface area contributed by atoms with Crippen LogP contribution in [0.15, 0.2) is 35.3 Å². The second-order valence-electron chi connectivity index (χ2n) is 8.43. The molecule has 0 radical (unpaired) electrons. The van der Waals surface area contributed by atoms with Gasteiger partial charge in [-0.15, -0.1) is 0 Å². The Morgan fingerprint density at radius 3 is 2.45 bits per heavy atom. The molecule has 0 spiro atoms. The molecule has 7 nitrogen and oxygen atoms in total. The molecule has 3 rings (SSSR count). The lowest BCUT2D eigenvalue weighted by atomic mass is 9.89. The molecule has 0 unspecified atom stereocenters. The predicted molar refractivity (Wildman–Crippen MR) is 114 cm³/mol. The van der Waals surface area contributed by atoms with E-state index in [-0.39, 0.29) is 11.6 Å². The molecule has 0 atom stereocenters. The lowest BCUT2D eigenvalue weighted by Crippen LogP contribution is -2.37. The Hall–Kier alpha value is -2.80. The molecule has 2 amide bonds. The third kappa shape index (κ3) is 4.45. The van der Waals surface area contributed by atoms with Crippen LogP contribution in [-0.2, 0) is 17.9 Å². The number of nitrogens with one attached hydrogen (secondary N) is 1. The Morgan fingerprint density at radius 1 is 1.14 bits per heavy atom. The molecular weight excluding hydrogens is 366 g/mol. The smallest absolute Gasteiger partial charge is 0.297 e. The summed E-state index contributed by atoms with van der Waals surface area (Å²) in [5.74, 6) is -0.0528. The van der Waals surface area contributed by atoms with Gasteiger partial charge in [0.2, 0.25) is 0 Å². The van der Waals surface area contributed by atoms with Gasteiger partial charge >= 0.3 is 0 Å². The number of aromatic nitrogens is 2. The Labute approximate surface area is 171 Å². The van der Waals surface area contributed by atoms with Crippen LogP contribution >= 0.6 is 0 Å². The van der Waals surface area contributed by atoms with Crippen LogP contribution in [0.5, 0.6) is 0 Å². The Bertz CT molecular complexity index is 938. The molecule has 1 aromatic heterocycles. The molecule has 154 valence electrons. The highest BCUT2D eigenvalue weighted by molar-refractivity contribution is 6.42. The quantitative estimate of drug-likeness (QED) is 0.811. The number of hydrogen-bond acceptors (Lipinski definition) is 4. The number of fused-ring (bicyclic) bond motifs is 1. The van der Waals surface area contributed by atoms with E-state index in [9.17, 15) is 9.59 Å². The van der Waals surface area contributed by atoms with Crippen molar-refractivity contribution < 1.29 is 9.59 Å². The standard InChI is InChI=1S/C22H29N5O2/c1-22(2,3)18(21(29)23-4)25-20(28)17-16-14-26(5)12-9-13-27(16)19(24-17)15-10-7-6-8-11-15/h6-8,10-11H,9,12-14H2,1-5H3,(H,23,29)/b25-18-. The first-order valence-corrected chi connectivity index (χ1v) is 9.91. The number of carbonyl (C=O) groups excluding carboxylic acids is 2. The van der Waals surface area contributed by atoms with Gasteiger partial charge in [-0.1, -0.05) is 51.1 Å². The lowest BCUT2D eigenvalue weighted by molar-refractivity contribution is -0.114. The van der Waals surface area contributed by atoms with Gasteiger partial charge in [-0.3, -0.25) is 9.59 Å². The van der Waals surface area contributed by atoms with Gasteiger partial charge in [0.05, 0.1) is 5.69 Å². The monoisotopic (exact) mass is 395 g/mol. The molecule has 0 fully saturated rings. The average molecular weight is 396 g/mol. The van der Waals surface area contributed by atoms with Crippen LogP contribution < -0.4 is 5.32 Å². The maximum atomic E-state index is 13.2. The Balaban J connectivity index is 2.14. The number of amides is 2. The summed E-state index contributed by atoms with van der Waals surface area (Å²) < 4.78 is 2.12. The minimum absolute atomic E-state index is 0.204. The Morgan fingerprint density at radius 2 is 1.83 bits per heavy atom. The van der Waals surface area contributed by atoms with E-state index < -0.39 is 11.3 Å². The van der Waals surface area contributed by atoms with E-state index in [4.69, 9.17) is 4.98 Å². The summed E-state index contributed by atoms with van der Waals surface area (Å²) in [5.41, 5.74) is 1.77. The number of aliphatic imine (C=N–C) groups is 1. The fraction of sp³-hybridized carbons (Fsp3) is 0.455. The van der Waals surface area contributed by atoms with E-state index in [0.717, 1.165) is 36.6 Å². The zero-order valence-electron chi connectivity index (χ0n) is 17.8. The molecule has 1 aliphatic heterocycles. The van der Waals surface area contributed by atoms with Gasteiger partial charge in [-0.25, -0.2) is 9.98 Å². The normalized spacial score (nSPS) is 15.6. The van der Waals surface area contributed by atoms with Crippen LogP contribution in [0.25, 0.3) is 11.4 Å². The zero-order valence-corrected chi connectivity index (χ0v) is 17.8. The highest BCUT2D eigenvalue weighted by Crippen LogP contribution is 2.27. The summed E-state index contributed by atoms with van der Waals surface area (Å²) in [4.78, 5) is 36.6. The summed E-state index contributed by atoms with van der Waals surface area (Å²) in [6, 6.07) is 9.87. The molecule has 7 heteroatoms. The topological polar surface area (TPSA) is 79.6 Å². The fourth-order valence-corrected chi connectivity index (χ4v) is 3.53. The minimum Gasteiger partial charge on any atom is -0.354 e. The minimum atomic E-state index is -0.564. The third-order valence-corrected chi connectivity index (χ3v) is 5.01. The van der Waals surface area contributed by atoms with Crippen molar-refractivity contribution in [1.29, 1.82) is 0 Å². The number of carbonyl (C=O) groups is 2. The van der Waals surface area contributed by atoms with Gasteiger partial charge in [0, 0.05) is 31.1 Å². The second kappa shape index (κ2) is 8.29. The molecule has 2 heterocycles. The average Bonchev–Trinajstić information content (AvgIpc) is 2.92. The van der Waals surface area contributed by atoms with Crippen LogP contribution in [0.3, 0.4) is 0 Å². The first-order valence-electron chi connectivity index (χ1n) is 9.91. The van der Waals surface area contributed by atoms with E-state index in [1.54, 1.807) is 7.05 Å². The maximum absolute atomic E-state index is 13.2. The van der Waals surface area contributed by atoms with Gasteiger partial charge in [-0.2, -0.15) is 0 Å². The van der Waals surface area contributed by atoms with Crippen molar-refractivity contribution in [2.24, 2.45) is 10.4 Å². The van der Waals surface area contributed by atoms with Crippen molar-refractivity contribution in [1.82, 2.24) is 19.8 Å². The number of imidazole rings is 1. The number of hydrogen-bond donors (Lipinski definition) is 1. The van der Waals surface area contributed by atoms with Gasteiger partial charge < -0.3 is 14.8 Å². The highest BCUT2D eigenvalue weighted by atomic mass is 16.2. The number of rotatable bonds is 3. The highest BCUT2D eigenvalue weighted by Gasteiger charge is 2.30. The third-order valence-electron chi connectivity index (χ3n) is 5.01. The van der Waals surface area contributed by atoms with Crippen molar-refractivity contribution in [2.45, 2.75) is 40.3 Å². The van der Waals surface area contributed by atoms with Crippen molar-refractivity contribution in [3.8, 4) is 11.4 Å². The van der Waals surface area contributed by atoms with Gasteiger partial charge in [0.25, 0.3) is 11.8 Å². The summed E-state index contributed by atoms with van der Waals surface area (Å²) in [7, 11) is 3.58. The molecule has 0 saturated carbocycles. The van der Waals surface area contributed by atoms with Gasteiger partial charge in [0.1, 0.15) is 11.5 Å². The molecule has 0 saturated heterocycles. The maximum Gasteiger partial charge on any atom is 0.297 e. The van der Waals surface area contributed by atoms with Crippen LogP contribution in [0.1, 0.15) is 43.4 Å². The van der Waals surface area contributed by atoms with Crippen molar-refractivity contribution >= 4 is 17.5 Å². The number of nitrogens with zero attached hydrogens (tertiary/aromatic N) is 4. The molecule has 1 aromatic carbocycles. The van der Waals surface area contributed by atoms with Gasteiger partial charge in [0.15, 0.2) is 5.69 Å². The van der Waals surface area contributed by atoms with Gasteiger partial charge in [-0.05, 0) is 20.0 Å². The molecule has 29 heavy (non-hydrogen) atoms. The van der Waals surface area contributed by atoms with Crippen molar-refractivity contribution in [3.05, 3.63) is 41.7 Å².